The van der Waals surface area contributed by atoms with Crippen LogP contribution in [0.4, 0.5) is 24.8 Å². The first kappa shape index (κ1) is 17.7. The topological polar surface area (TPSA) is 77.2 Å². The Morgan fingerprint density at radius 3 is 2.57 bits per heavy atom. The third-order valence-corrected chi connectivity index (χ3v) is 3.99. The van der Waals surface area contributed by atoms with E-state index in [1.54, 1.807) is 31.4 Å². The van der Waals surface area contributed by atoms with E-state index in [1.165, 1.54) is 29.0 Å². The first-order valence-electron chi connectivity index (χ1n) is 8.11. The maximum Gasteiger partial charge on any atom is 0.418 e. The third-order valence-electron chi connectivity index (χ3n) is 3.99. The molecule has 4 rings (SSSR count). The molecular formula is C18H13F3N6O. The van der Waals surface area contributed by atoms with Gasteiger partial charge in [0.15, 0.2) is 5.65 Å². The quantitative estimate of drug-likeness (QED) is 0.572. The standard InChI is InChI=1S/C18H13F3N6O/c1-28-13-6-4-12(5-7-13)24-17-26-25-15-9-11(10-23-27(15)17)16-14(18(19,20)21)3-2-8-22-16/h2-10H,1H3,(H,24,26). The fourth-order valence-corrected chi connectivity index (χ4v) is 2.67. The molecule has 1 aromatic carbocycles. The van der Waals surface area contributed by atoms with E-state index in [0.717, 1.165) is 11.8 Å². The lowest BCUT2D eigenvalue weighted by atomic mass is 10.1. The van der Waals surface area contributed by atoms with Crippen LogP contribution in [-0.2, 0) is 6.18 Å². The van der Waals surface area contributed by atoms with Crippen LogP contribution in [0.3, 0.4) is 0 Å². The van der Waals surface area contributed by atoms with Crippen LogP contribution in [0.25, 0.3) is 16.9 Å². The van der Waals surface area contributed by atoms with E-state index in [-0.39, 0.29) is 16.9 Å². The van der Waals surface area contributed by atoms with Gasteiger partial charge in [0.1, 0.15) is 5.75 Å². The number of fused-ring (bicyclic) bond motifs is 1. The number of anilines is 2. The van der Waals surface area contributed by atoms with E-state index in [4.69, 9.17) is 4.74 Å². The largest absolute Gasteiger partial charge is 0.497 e. The van der Waals surface area contributed by atoms with Gasteiger partial charge in [0.05, 0.1) is 24.6 Å². The van der Waals surface area contributed by atoms with E-state index in [9.17, 15) is 13.2 Å². The maximum absolute atomic E-state index is 13.2. The number of rotatable bonds is 4. The number of nitrogens with one attached hydrogen (secondary N) is 1. The van der Waals surface area contributed by atoms with E-state index in [0.29, 0.717) is 11.7 Å². The highest BCUT2D eigenvalue weighted by molar-refractivity contribution is 5.67. The minimum atomic E-state index is -4.52. The first-order chi connectivity index (χ1) is 13.5. The molecule has 4 aromatic rings. The second-order valence-corrected chi connectivity index (χ2v) is 5.79. The fraction of sp³-hybridized carbons (Fsp3) is 0.111. The van der Waals surface area contributed by atoms with Crippen LogP contribution < -0.4 is 10.1 Å². The van der Waals surface area contributed by atoms with Crippen LogP contribution in [0.2, 0.25) is 0 Å². The first-order valence-corrected chi connectivity index (χ1v) is 8.11. The Morgan fingerprint density at radius 1 is 1.07 bits per heavy atom. The van der Waals surface area contributed by atoms with Gasteiger partial charge in [0.2, 0.25) is 5.95 Å². The highest BCUT2D eigenvalue weighted by Crippen LogP contribution is 2.35. The number of pyridine rings is 1. The summed E-state index contributed by atoms with van der Waals surface area (Å²) in [5, 5.41) is 15.2. The lowest BCUT2D eigenvalue weighted by Crippen LogP contribution is -2.08. The molecule has 0 amide bonds. The Labute approximate surface area is 156 Å². The smallest absolute Gasteiger partial charge is 0.418 e. The molecule has 3 aromatic heterocycles. The predicted molar refractivity (Wildman–Crippen MR) is 95.3 cm³/mol. The van der Waals surface area contributed by atoms with Crippen molar-refractivity contribution in [2.75, 3.05) is 12.4 Å². The Bertz CT molecular complexity index is 1120. The summed E-state index contributed by atoms with van der Waals surface area (Å²) in [6.07, 6.45) is -1.92. The third kappa shape index (κ3) is 3.31. The van der Waals surface area contributed by atoms with Crippen molar-refractivity contribution in [3.63, 3.8) is 0 Å². The molecule has 0 saturated heterocycles. The second-order valence-electron chi connectivity index (χ2n) is 5.79. The number of hydrogen-bond donors (Lipinski definition) is 1. The second kappa shape index (κ2) is 6.80. The van der Waals surface area contributed by atoms with Crippen molar-refractivity contribution in [3.8, 4) is 17.0 Å². The van der Waals surface area contributed by atoms with Gasteiger partial charge >= 0.3 is 6.18 Å². The number of nitrogens with zero attached hydrogens (tertiary/aromatic N) is 5. The Balaban J connectivity index is 1.69. The van der Waals surface area contributed by atoms with Gasteiger partial charge in [-0.15, -0.1) is 10.2 Å². The summed E-state index contributed by atoms with van der Waals surface area (Å²) < 4.78 is 46.2. The Hall–Kier alpha value is -3.69. The Morgan fingerprint density at radius 2 is 1.86 bits per heavy atom. The van der Waals surface area contributed by atoms with E-state index < -0.39 is 11.7 Å². The molecule has 0 unspecified atom stereocenters. The molecule has 7 nitrogen and oxygen atoms in total. The molecule has 0 radical (unpaired) electrons. The number of benzene rings is 1. The molecule has 10 heteroatoms. The monoisotopic (exact) mass is 386 g/mol. The molecule has 142 valence electrons. The SMILES string of the molecule is COc1ccc(Nc2nnc3cc(-c4ncccc4C(F)(F)F)cnn23)cc1. The van der Waals surface area contributed by atoms with Crippen molar-refractivity contribution >= 4 is 17.3 Å². The summed E-state index contributed by atoms with van der Waals surface area (Å²) in [5.74, 6) is 1.03. The van der Waals surface area contributed by atoms with Gasteiger partial charge < -0.3 is 10.1 Å². The van der Waals surface area contributed by atoms with Crippen molar-refractivity contribution in [2.24, 2.45) is 0 Å². The summed E-state index contributed by atoms with van der Waals surface area (Å²) in [6, 6.07) is 10.8. The van der Waals surface area contributed by atoms with Gasteiger partial charge in [0.25, 0.3) is 0 Å². The van der Waals surface area contributed by atoms with Crippen LogP contribution in [-0.4, -0.2) is 31.9 Å². The van der Waals surface area contributed by atoms with Crippen LogP contribution in [0.1, 0.15) is 5.56 Å². The summed E-state index contributed by atoms with van der Waals surface area (Å²) in [5.41, 5.74) is 0.163. The minimum Gasteiger partial charge on any atom is -0.497 e. The van der Waals surface area contributed by atoms with Gasteiger partial charge in [-0.3, -0.25) is 4.98 Å². The number of methoxy groups -OCH3 is 1. The molecule has 0 fully saturated rings. The molecule has 0 aliphatic heterocycles. The lowest BCUT2D eigenvalue weighted by Gasteiger charge is -2.11. The van der Waals surface area contributed by atoms with Crippen molar-refractivity contribution in [1.29, 1.82) is 0 Å². The zero-order chi connectivity index (χ0) is 19.7. The average molecular weight is 386 g/mol. The minimum absolute atomic E-state index is 0.198. The molecule has 28 heavy (non-hydrogen) atoms. The number of alkyl halides is 3. The molecular weight excluding hydrogens is 373 g/mol. The molecule has 0 spiro atoms. The van der Waals surface area contributed by atoms with Gasteiger partial charge in [-0.2, -0.15) is 22.8 Å². The molecule has 3 heterocycles. The normalized spacial score (nSPS) is 11.6. The van der Waals surface area contributed by atoms with Crippen LogP contribution in [0.15, 0.2) is 54.9 Å². The number of ether oxygens (including phenoxy) is 1. The van der Waals surface area contributed by atoms with Crippen molar-refractivity contribution in [3.05, 3.63) is 60.4 Å². The highest BCUT2D eigenvalue weighted by Gasteiger charge is 2.34. The summed E-state index contributed by atoms with van der Waals surface area (Å²) in [6.45, 7) is 0. The fourth-order valence-electron chi connectivity index (χ4n) is 2.67. The lowest BCUT2D eigenvalue weighted by molar-refractivity contribution is -0.137. The Kier molecular flexibility index (Phi) is 4.30. The predicted octanol–water partition coefficient (Wildman–Crippen LogP) is 3.96. The van der Waals surface area contributed by atoms with Crippen molar-refractivity contribution in [2.45, 2.75) is 6.18 Å². The molecule has 0 saturated carbocycles. The number of aromatic nitrogens is 5. The zero-order valence-corrected chi connectivity index (χ0v) is 14.5. The van der Waals surface area contributed by atoms with Crippen LogP contribution in [0, 0.1) is 0 Å². The molecule has 1 N–H and O–H groups in total. The van der Waals surface area contributed by atoms with E-state index in [2.05, 4.69) is 25.6 Å². The van der Waals surface area contributed by atoms with Crippen LogP contribution in [0.5, 0.6) is 5.75 Å². The number of halogens is 3. The average Bonchev–Trinajstić information content (AvgIpc) is 3.10. The van der Waals surface area contributed by atoms with Crippen molar-refractivity contribution < 1.29 is 17.9 Å². The van der Waals surface area contributed by atoms with Crippen LogP contribution >= 0.6 is 0 Å². The maximum atomic E-state index is 13.2. The van der Waals surface area contributed by atoms with Gasteiger partial charge in [-0.05, 0) is 42.5 Å². The van der Waals surface area contributed by atoms with Gasteiger partial charge in [0, 0.05) is 17.4 Å². The number of hydrogen-bond acceptors (Lipinski definition) is 6. The zero-order valence-electron chi connectivity index (χ0n) is 14.5. The van der Waals surface area contributed by atoms with Gasteiger partial charge in [-0.1, -0.05) is 0 Å². The summed E-state index contributed by atoms with van der Waals surface area (Å²) in [7, 11) is 1.57. The van der Waals surface area contributed by atoms with E-state index >= 15 is 0 Å². The van der Waals surface area contributed by atoms with Gasteiger partial charge in [-0.25, -0.2) is 0 Å². The molecule has 0 aliphatic rings. The summed E-state index contributed by atoms with van der Waals surface area (Å²) in [4.78, 5) is 3.87. The van der Waals surface area contributed by atoms with E-state index in [1.807, 2.05) is 0 Å². The molecule has 0 bridgehead atoms. The molecule has 0 atom stereocenters. The molecule has 0 aliphatic carbocycles. The summed E-state index contributed by atoms with van der Waals surface area (Å²) >= 11 is 0. The van der Waals surface area contributed by atoms with Crippen molar-refractivity contribution in [1.82, 2.24) is 24.8 Å². The highest BCUT2D eigenvalue weighted by atomic mass is 19.4.